The monoisotopic (exact) mass is 588 g/mol. The number of hydrogen-bond acceptors (Lipinski definition) is 5. The van der Waals surface area contributed by atoms with Crippen LogP contribution in [0.15, 0.2) is 109 Å². The second-order valence-electron chi connectivity index (χ2n) is 11.0. The number of nitrogens with one attached hydrogen (secondary N) is 2. The molecule has 2 N–H and O–H groups in total. The molecule has 4 aromatic carbocycles. The van der Waals surface area contributed by atoms with Crippen LogP contribution < -0.4 is 10.6 Å². The molecule has 216 valence electrons. The molecule has 0 saturated carbocycles. The van der Waals surface area contributed by atoms with Gasteiger partial charge in [-0.05, 0) is 37.2 Å². The fraction of sp³-hybridized carbons (Fsp3) is 0.194. The summed E-state index contributed by atoms with van der Waals surface area (Å²) in [4.78, 5) is 55.7. The van der Waals surface area contributed by atoms with Crippen molar-refractivity contribution < 1.29 is 19.2 Å². The van der Waals surface area contributed by atoms with Gasteiger partial charge in [0.15, 0.2) is 16.7 Å². The van der Waals surface area contributed by atoms with Crippen molar-refractivity contribution in [2.45, 2.75) is 32.1 Å². The van der Waals surface area contributed by atoms with Gasteiger partial charge in [0.25, 0.3) is 0 Å². The van der Waals surface area contributed by atoms with Gasteiger partial charge in [-0.25, -0.2) is 0 Å². The maximum atomic E-state index is 14.7. The van der Waals surface area contributed by atoms with Crippen LogP contribution in [0.1, 0.15) is 61.2 Å². The Hall–Kier alpha value is -4.75. The smallest absolute Gasteiger partial charge is 0.239 e. The van der Waals surface area contributed by atoms with E-state index in [-0.39, 0.29) is 23.1 Å². The van der Waals surface area contributed by atoms with Crippen LogP contribution in [0.2, 0.25) is 0 Å². The number of Topliss-reactive ketones (excluding diaryl/α,β-unsaturated/α-hetero) is 2. The standard InChI is InChI=1S/C36H32N2O4S/c1-22-13-17-24(18-14-22)28(21-29(39)25-9-5-3-6-10-25)31(33(40)27-11-7-4-8-12-27)30(26-19-15-23(2)16-20-26)32-34(41)37-36(43)38-35(32)42/h3-20,28,30-32H,21H2,1-2H3,(H2,37,38,41,42,43). The molecule has 4 aromatic rings. The quantitative estimate of drug-likeness (QED) is 0.133. The van der Waals surface area contributed by atoms with Crippen molar-refractivity contribution in [3.05, 3.63) is 143 Å². The second kappa shape index (κ2) is 13.0. The molecule has 5 rings (SSSR count). The van der Waals surface area contributed by atoms with E-state index in [4.69, 9.17) is 12.2 Å². The average Bonchev–Trinajstić information content (AvgIpc) is 3.01. The second-order valence-corrected chi connectivity index (χ2v) is 11.4. The summed E-state index contributed by atoms with van der Waals surface area (Å²) in [7, 11) is 0. The Morgan fingerprint density at radius 2 is 1.14 bits per heavy atom. The molecule has 0 spiro atoms. The van der Waals surface area contributed by atoms with Gasteiger partial charge in [0.1, 0.15) is 5.92 Å². The molecule has 1 aliphatic heterocycles. The summed E-state index contributed by atoms with van der Waals surface area (Å²) in [6, 6.07) is 33.0. The van der Waals surface area contributed by atoms with E-state index in [1.165, 1.54) is 0 Å². The number of rotatable bonds is 10. The van der Waals surface area contributed by atoms with E-state index in [9.17, 15) is 19.2 Å². The summed E-state index contributed by atoms with van der Waals surface area (Å²) in [5.74, 6) is -5.37. The zero-order valence-electron chi connectivity index (χ0n) is 24.0. The maximum Gasteiger partial charge on any atom is 0.239 e. The largest absolute Gasteiger partial charge is 0.302 e. The molecule has 3 unspecified atom stereocenters. The summed E-state index contributed by atoms with van der Waals surface area (Å²) in [6.07, 6.45) is -0.00690. The van der Waals surface area contributed by atoms with E-state index in [1.807, 2.05) is 74.5 Å². The van der Waals surface area contributed by atoms with E-state index in [1.54, 1.807) is 48.5 Å². The first-order valence-corrected chi connectivity index (χ1v) is 14.6. The third-order valence-electron chi connectivity index (χ3n) is 8.05. The fourth-order valence-corrected chi connectivity index (χ4v) is 6.05. The third kappa shape index (κ3) is 6.68. The highest BCUT2D eigenvalue weighted by molar-refractivity contribution is 7.80. The van der Waals surface area contributed by atoms with Gasteiger partial charge in [-0.15, -0.1) is 0 Å². The molecule has 1 aliphatic rings. The highest BCUT2D eigenvalue weighted by Crippen LogP contribution is 2.45. The molecule has 43 heavy (non-hydrogen) atoms. The molecule has 0 aliphatic carbocycles. The van der Waals surface area contributed by atoms with Crippen molar-refractivity contribution in [1.29, 1.82) is 0 Å². The topological polar surface area (TPSA) is 92.3 Å². The van der Waals surface area contributed by atoms with Crippen molar-refractivity contribution >= 4 is 40.7 Å². The van der Waals surface area contributed by atoms with Gasteiger partial charge in [0, 0.05) is 35.3 Å². The van der Waals surface area contributed by atoms with Crippen LogP contribution in [-0.2, 0) is 9.59 Å². The number of thiocarbonyl (C=S) groups is 1. The minimum Gasteiger partial charge on any atom is -0.302 e. The maximum absolute atomic E-state index is 14.7. The number of carbonyl (C=O) groups is 4. The van der Waals surface area contributed by atoms with Crippen molar-refractivity contribution in [1.82, 2.24) is 10.6 Å². The number of benzene rings is 4. The lowest BCUT2D eigenvalue weighted by molar-refractivity contribution is -0.136. The summed E-state index contributed by atoms with van der Waals surface area (Å²) in [6.45, 7) is 3.91. The summed E-state index contributed by atoms with van der Waals surface area (Å²) < 4.78 is 0. The van der Waals surface area contributed by atoms with Crippen molar-refractivity contribution in [3.8, 4) is 0 Å². The van der Waals surface area contributed by atoms with Crippen LogP contribution in [0.3, 0.4) is 0 Å². The van der Waals surface area contributed by atoms with Crippen LogP contribution in [0.4, 0.5) is 0 Å². The molecule has 1 fully saturated rings. The molecule has 0 radical (unpaired) electrons. The summed E-state index contributed by atoms with van der Waals surface area (Å²) >= 11 is 5.10. The van der Waals surface area contributed by atoms with Gasteiger partial charge in [-0.3, -0.25) is 19.2 Å². The van der Waals surface area contributed by atoms with E-state index < -0.39 is 35.5 Å². The molecule has 1 heterocycles. The molecule has 1 saturated heterocycles. The lowest BCUT2D eigenvalue weighted by Gasteiger charge is -2.38. The summed E-state index contributed by atoms with van der Waals surface area (Å²) in [5, 5.41) is 5.11. The van der Waals surface area contributed by atoms with Gasteiger partial charge < -0.3 is 10.6 Å². The van der Waals surface area contributed by atoms with Crippen LogP contribution in [0.5, 0.6) is 0 Å². The Morgan fingerprint density at radius 1 is 0.674 bits per heavy atom. The van der Waals surface area contributed by atoms with Crippen LogP contribution in [0.25, 0.3) is 0 Å². The van der Waals surface area contributed by atoms with Crippen molar-refractivity contribution in [2.75, 3.05) is 0 Å². The van der Waals surface area contributed by atoms with Crippen molar-refractivity contribution in [3.63, 3.8) is 0 Å². The number of carbonyl (C=O) groups excluding carboxylic acids is 4. The van der Waals surface area contributed by atoms with Crippen LogP contribution >= 0.6 is 12.2 Å². The lowest BCUT2D eigenvalue weighted by Crippen LogP contribution is -2.58. The number of aryl methyl sites for hydroxylation is 2. The van der Waals surface area contributed by atoms with Gasteiger partial charge in [0.2, 0.25) is 11.8 Å². The van der Waals surface area contributed by atoms with Gasteiger partial charge in [-0.2, -0.15) is 0 Å². The Bertz CT molecular complexity index is 1630. The zero-order valence-corrected chi connectivity index (χ0v) is 24.8. The molecule has 2 amide bonds. The fourth-order valence-electron chi connectivity index (χ4n) is 5.85. The predicted molar refractivity (Wildman–Crippen MR) is 170 cm³/mol. The number of hydrogen-bond donors (Lipinski definition) is 2. The third-order valence-corrected chi connectivity index (χ3v) is 8.25. The van der Waals surface area contributed by atoms with E-state index in [0.717, 1.165) is 16.7 Å². The normalized spacial score (nSPS) is 15.6. The van der Waals surface area contributed by atoms with Crippen LogP contribution in [-0.4, -0.2) is 28.5 Å². The van der Waals surface area contributed by atoms with Crippen molar-refractivity contribution in [2.24, 2.45) is 11.8 Å². The highest BCUT2D eigenvalue weighted by Gasteiger charge is 2.48. The Balaban J connectivity index is 1.75. The lowest BCUT2D eigenvalue weighted by atomic mass is 9.64. The number of amides is 2. The van der Waals surface area contributed by atoms with E-state index in [0.29, 0.717) is 16.7 Å². The SMILES string of the molecule is Cc1ccc(C(CC(=O)c2ccccc2)C(C(=O)c2ccccc2)C(c2ccc(C)cc2)C2C(=O)NC(=S)NC2=O)cc1. The molecular weight excluding hydrogens is 556 g/mol. The van der Waals surface area contributed by atoms with Crippen LogP contribution in [0, 0.1) is 25.7 Å². The molecule has 7 heteroatoms. The molecule has 6 nitrogen and oxygen atoms in total. The average molecular weight is 589 g/mol. The molecule has 0 aromatic heterocycles. The minimum atomic E-state index is -1.27. The van der Waals surface area contributed by atoms with Gasteiger partial charge in [-0.1, -0.05) is 120 Å². The Morgan fingerprint density at radius 3 is 1.65 bits per heavy atom. The highest BCUT2D eigenvalue weighted by atomic mass is 32.1. The Kier molecular flexibility index (Phi) is 9.02. The van der Waals surface area contributed by atoms with E-state index >= 15 is 0 Å². The number of ketones is 2. The Labute approximate surface area is 256 Å². The molecule has 3 atom stereocenters. The molecular formula is C36H32N2O4S. The predicted octanol–water partition coefficient (Wildman–Crippen LogP) is 6.09. The van der Waals surface area contributed by atoms with Gasteiger partial charge in [0.05, 0.1) is 0 Å². The first kappa shape index (κ1) is 29.7. The first-order chi connectivity index (χ1) is 20.7. The van der Waals surface area contributed by atoms with Gasteiger partial charge >= 0.3 is 0 Å². The molecule has 0 bridgehead atoms. The van der Waals surface area contributed by atoms with E-state index in [2.05, 4.69) is 10.6 Å². The first-order valence-electron chi connectivity index (χ1n) is 14.2. The summed E-state index contributed by atoms with van der Waals surface area (Å²) in [5.41, 5.74) is 4.39. The zero-order chi connectivity index (χ0) is 30.5. The minimum absolute atomic E-state index is 0.00690.